The number of nitrogens with zero attached hydrogens (tertiary/aromatic N) is 1. The summed E-state index contributed by atoms with van der Waals surface area (Å²) in [4.78, 5) is 43.5. The summed E-state index contributed by atoms with van der Waals surface area (Å²) in [5.41, 5.74) is 1.71. The number of phosphoric acid groups is 1. The number of rotatable bonds is 17. The van der Waals surface area contributed by atoms with Crippen LogP contribution in [-0.2, 0) is 35.1 Å². The molecule has 12 nitrogen and oxygen atoms in total. The van der Waals surface area contributed by atoms with Crippen molar-refractivity contribution in [2.75, 3.05) is 26.8 Å². The van der Waals surface area contributed by atoms with Crippen molar-refractivity contribution in [3.05, 3.63) is 64.1 Å². The summed E-state index contributed by atoms with van der Waals surface area (Å²) in [5.74, 6) is -0.500. The Morgan fingerprint density at radius 3 is 2.23 bits per heavy atom. The Balaban J connectivity index is 2.11. The topological polar surface area (TPSA) is 172 Å². The van der Waals surface area contributed by atoms with E-state index in [-0.39, 0.29) is 36.7 Å². The normalized spacial score (nSPS) is 13.5. The molecule has 0 saturated carbocycles. The molecule has 0 aliphatic heterocycles. The number of phosphoric ester groups is 1. The van der Waals surface area contributed by atoms with Crippen LogP contribution in [0.3, 0.4) is 0 Å². The van der Waals surface area contributed by atoms with Gasteiger partial charge in [0.05, 0.1) is 18.6 Å². The van der Waals surface area contributed by atoms with Crippen molar-refractivity contribution in [2.45, 2.75) is 63.4 Å². The lowest BCUT2D eigenvalue weighted by molar-refractivity contribution is -0.123. The van der Waals surface area contributed by atoms with Gasteiger partial charge in [-0.3, -0.25) is 9.32 Å². The van der Waals surface area contributed by atoms with E-state index in [0.717, 1.165) is 15.6 Å². The van der Waals surface area contributed by atoms with Gasteiger partial charge in [-0.05, 0) is 55.5 Å². The third-order valence-corrected chi connectivity index (χ3v) is 9.37. The number of amides is 2. The highest BCUT2D eigenvalue weighted by atomic mass is 79.9. The highest BCUT2D eigenvalue weighted by Crippen LogP contribution is 2.37. The van der Waals surface area contributed by atoms with Crippen molar-refractivity contribution in [2.24, 2.45) is 5.92 Å². The van der Waals surface area contributed by atoms with Gasteiger partial charge < -0.3 is 25.2 Å². The number of ether oxygens (including phenoxy) is 1. The monoisotopic (exact) mass is 705 g/mol. The molecule has 2 amide bonds. The molecule has 0 unspecified atom stereocenters. The van der Waals surface area contributed by atoms with Gasteiger partial charge in [-0.25, -0.2) is 17.8 Å². The SMILES string of the molecule is COC(=O)N[C@@H](Cc1ccc(Br)cc1)C(=O)NCCCC[C@@H](COP(=O)(O)O)N(CC(C)C)S(=O)(=O)c1ccc(C)cc1. The number of alkyl carbamates (subject to hydrolysis) is 1. The number of aryl methyl sites for hydroxylation is 1. The summed E-state index contributed by atoms with van der Waals surface area (Å²) < 4.78 is 50.4. The van der Waals surface area contributed by atoms with Crippen LogP contribution in [0.4, 0.5) is 4.79 Å². The lowest BCUT2D eigenvalue weighted by Crippen LogP contribution is -2.48. The molecule has 0 aromatic heterocycles. The Hall–Kier alpha value is -2.32. The van der Waals surface area contributed by atoms with E-state index in [1.54, 1.807) is 12.1 Å². The van der Waals surface area contributed by atoms with Crippen molar-refractivity contribution in [3.63, 3.8) is 0 Å². The predicted octanol–water partition coefficient (Wildman–Crippen LogP) is 4.14. The van der Waals surface area contributed by atoms with Crippen molar-refractivity contribution >= 4 is 45.8 Å². The fourth-order valence-corrected chi connectivity index (χ4v) is 6.68. The van der Waals surface area contributed by atoms with E-state index < -0.39 is 48.5 Å². The van der Waals surface area contributed by atoms with Crippen LogP contribution < -0.4 is 10.6 Å². The van der Waals surface area contributed by atoms with Gasteiger partial charge in [0, 0.05) is 30.0 Å². The van der Waals surface area contributed by atoms with Crippen LogP contribution in [0.25, 0.3) is 0 Å². The van der Waals surface area contributed by atoms with E-state index in [0.29, 0.717) is 12.8 Å². The minimum atomic E-state index is -4.87. The van der Waals surface area contributed by atoms with Crippen molar-refractivity contribution in [1.29, 1.82) is 0 Å². The van der Waals surface area contributed by atoms with Gasteiger partial charge in [0.15, 0.2) is 0 Å². The molecule has 2 aromatic carbocycles. The quantitative estimate of drug-likeness (QED) is 0.139. The van der Waals surface area contributed by atoms with Crippen molar-refractivity contribution in [3.8, 4) is 0 Å². The molecule has 2 aromatic rings. The molecule has 0 heterocycles. The number of nitrogens with one attached hydrogen (secondary N) is 2. The largest absolute Gasteiger partial charge is 0.469 e. The van der Waals surface area contributed by atoms with Gasteiger partial charge in [-0.1, -0.05) is 66.0 Å². The summed E-state index contributed by atoms with van der Waals surface area (Å²) in [7, 11) is -7.68. The molecular weight excluding hydrogens is 665 g/mol. The fraction of sp³-hybridized carbons (Fsp3) is 0.500. The maximum Gasteiger partial charge on any atom is 0.469 e. The molecule has 15 heteroatoms. The second-order valence-electron chi connectivity index (χ2n) is 10.5. The van der Waals surface area contributed by atoms with Gasteiger partial charge in [-0.15, -0.1) is 0 Å². The molecule has 4 N–H and O–H groups in total. The van der Waals surface area contributed by atoms with E-state index in [1.165, 1.54) is 23.5 Å². The predicted molar refractivity (Wildman–Crippen MR) is 166 cm³/mol. The van der Waals surface area contributed by atoms with Crippen LogP contribution in [0.1, 0.15) is 44.2 Å². The number of benzene rings is 2. The minimum Gasteiger partial charge on any atom is -0.453 e. The first-order chi connectivity index (χ1) is 20.1. The number of sulfonamides is 1. The van der Waals surface area contributed by atoms with E-state index in [4.69, 9.17) is 4.52 Å². The summed E-state index contributed by atoms with van der Waals surface area (Å²) in [5, 5.41) is 5.33. The smallest absolute Gasteiger partial charge is 0.453 e. The molecule has 0 aliphatic rings. The zero-order valence-electron chi connectivity index (χ0n) is 24.7. The number of methoxy groups -OCH3 is 1. The van der Waals surface area contributed by atoms with Crippen LogP contribution in [0.5, 0.6) is 0 Å². The second-order valence-corrected chi connectivity index (χ2v) is 14.6. The third-order valence-electron chi connectivity index (χ3n) is 6.43. The fourth-order valence-electron chi connectivity index (χ4n) is 4.25. The molecule has 0 spiro atoms. The second kappa shape index (κ2) is 17.2. The Morgan fingerprint density at radius 2 is 1.67 bits per heavy atom. The van der Waals surface area contributed by atoms with Gasteiger partial charge in [0.25, 0.3) is 0 Å². The summed E-state index contributed by atoms with van der Waals surface area (Å²) in [6.07, 6.45) is 0.551. The molecule has 240 valence electrons. The first-order valence-corrected chi connectivity index (χ1v) is 17.5. The number of hydrogen-bond acceptors (Lipinski definition) is 7. The molecule has 2 atom stereocenters. The lowest BCUT2D eigenvalue weighted by Gasteiger charge is -2.32. The van der Waals surface area contributed by atoms with Crippen LogP contribution in [0.2, 0.25) is 0 Å². The number of carbonyl (C=O) groups is 2. The highest BCUT2D eigenvalue weighted by molar-refractivity contribution is 9.10. The Labute approximate surface area is 262 Å². The van der Waals surface area contributed by atoms with Crippen LogP contribution in [0.15, 0.2) is 57.9 Å². The standard InChI is InChI=1S/C28H41BrN3O9PS/c1-20(2)18-32(43(38,39)25-14-8-21(3)9-15-25)24(19-41-42(35,36)37)7-5-6-16-30-27(33)26(31-28(34)40-4)17-22-10-12-23(29)13-11-22/h8-15,20,24,26H,5-7,16-19H2,1-4H3,(H,30,33)(H,31,34)(H2,35,36,37)/t24-,26-/m0/s1. The van der Waals surface area contributed by atoms with Crippen molar-refractivity contribution in [1.82, 2.24) is 14.9 Å². The Kier molecular flexibility index (Phi) is 14.8. The third kappa shape index (κ3) is 13.1. The van der Waals surface area contributed by atoms with Gasteiger partial charge in [0.2, 0.25) is 15.9 Å². The van der Waals surface area contributed by atoms with Crippen LogP contribution >= 0.6 is 23.8 Å². The first kappa shape index (κ1) is 36.9. The summed E-state index contributed by atoms with van der Waals surface area (Å²) >= 11 is 3.36. The number of halogens is 1. The first-order valence-electron chi connectivity index (χ1n) is 13.8. The zero-order valence-corrected chi connectivity index (χ0v) is 28.0. The molecule has 0 bridgehead atoms. The van der Waals surface area contributed by atoms with Gasteiger partial charge >= 0.3 is 13.9 Å². The minimum absolute atomic E-state index is 0.0714. The number of carbonyl (C=O) groups excluding carboxylic acids is 2. The number of hydrogen-bond donors (Lipinski definition) is 4. The van der Waals surface area contributed by atoms with Crippen LogP contribution in [-0.4, -0.2) is 73.4 Å². The zero-order chi connectivity index (χ0) is 32.2. The molecule has 0 aliphatic carbocycles. The van der Waals surface area contributed by atoms with E-state index >= 15 is 0 Å². The van der Waals surface area contributed by atoms with E-state index in [1.807, 2.05) is 45.0 Å². The molecule has 0 radical (unpaired) electrons. The van der Waals surface area contributed by atoms with Gasteiger partial charge in [0.1, 0.15) is 6.04 Å². The van der Waals surface area contributed by atoms with E-state index in [2.05, 4.69) is 31.3 Å². The lowest BCUT2D eigenvalue weighted by atomic mass is 10.1. The summed E-state index contributed by atoms with van der Waals surface area (Å²) in [6, 6.07) is 11.9. The molecule has 0 fully saturated rings. The van der Waals surface area contributed by atoms with Gasteiger partial charge in [-0.2, -0.15) is 4.31 Å². The molecule has 43 heavy (non-hydrogen) atoms. The summed E-state index contributed by atoms with van der Waals surface area (Å²) in [6.45, 7) is 5.36. The van der Waals surface area contributed by atoms with Crippen LogP contribution in [0, 0.1) is 12.8 Å². The Morgan fingerprint density at radius 1 is 1.05 bits per heavy atom. The Bertz CT molecular complexity index is 1340. The molecular formula is C28H41BrN3O9PS. The van der Waals surface area contributed by atoms with E-state index in [9.17, 15) is 32.4 Å². The highest BCUT2D eigenvalue weighted by Gasteiger charge is 2.33. The maximum absolute atomic E-state index is 13.7. The number of unbranched alkanes of at least 4 members (excludes halogenated alkanes) is 1. The molecule has 2 rings (SSSR count). The average Bonchev–Trinajstić information content (AvgIpc) is 2.93. The van der Waals surface area contributed by atoms with Crippen molar-refractivity contribution < 1.29 is 41.6 Å². The maximum atomic E-state index is 13.7. The average molecular weight is 707 g/mol. The molecule has 0 saturated heterocycles.